The third kappa shape index (κ3) is 6.76. The molecule has 0 aliphatic rings. The fourth-order valence-electron chi connectivity index (χ4n) is 4.75. The van der Waals surface area contributed by atoms with Crippen molar-refractivity contribution >= 4 is 9.84 Å². The SMILES string of the molecule is CCC(CC)c1ccc(S(=O)(=O)c2ccc(Oc3ccc(-c4ccc(OC(C)(CC)CC)cc4)cc3)cc2)cc1. The Kier molecular flexibility index (Phi) is 9.36. The second-order valence-corrected chi connectivity index (χ2v) is 12.4. The van der Waals surface area contributed by atoms with Gasteiger partial charge in [-0.25, -0.2) is 8.42 Å². The summed E-state index contributed by atoms with van der Waals surface area (Å²) >= 11 is 0. The molecule has 0 unspecified atom stereocenters. The Hall–Kier alpha value is -3.57. The summed E-state index contributed by atoms with van der Waals surface area (Å²) in [6.07, 6.45) is 3.98. The van der Waals surface area contributed by atoms with Gasteiger partial charge < -0.3 is 9.47 Å². The first-order valence-corrected chi connectivity index (χ1v) is 15.7. The van der Waals surface area contributed by atoms with E-state index in [-0.39, 0.29) is 10.5 Å². The Balaban J connectivity index is 1.41. The maximum absolute atomic E-state index is 13.2. The molecule has 0 bridgehead atoms. The smallest absolute Gasteiger partial charge is 0.206 e. The fourth-order valence-corrected chi connectivity index (χ4v) is 6.01. The van der Waals surface area contributed by atoms with Crippen molar-refractivity contribution in [1.29, 1.82) is 0 Å². The van der Waals surface area contributed by atoms with Gasteiger partial charge in [-0.05, 0) is 116 Å². The number of hydrogen-bond acceptors (Lipinski definition) is 4. The maximum atomic E-state index is 13.2. The van der Waals surface area contributed by atoms with Crippen LogP contribution in [0.3, 0.4) is 0 Å². The van der Waals surface area contributed by atoms with E-state index in [2.05, 4.69) is 46.8 Å². The van der Waals surface area contributed by atoms with Gasteiger partial charge in [-0.1, -0.05) is 64.1 Å². The molecule has 0 aliphatic carbocycles. The fraction of sp³-hybridized carbons (Fsp3) is 0.314. The molecule has 210 valence electrons. The second-order valence-electron chi connectivity index (χ2n) is 10.5. The summed E-state index contributed by atoms with van der Waals surface area (Å²) in [5.74, 6) is 2.58. The molecule has 4 aromatic rings. The average Bonchev–Trinajstić information content (AvgIpc) is 2.99. The zero-order chi connectivity index (χ0) is 28.8. The first-order valence-electron chi connectivity index (χ1n) is 14.2. The van der Waals surface area contributed by atoms with Gasteiger partial charge >= 0.3 is 0 Å². The molecule has 0 atom stereocenters. The summed E-state index contributed by atoms with van der Waals surface area (Å²) < 4.78 is 38.5. The summed E-state index contributed by atoms with van der Waals surface area (Å²) in [5.41, 5.74) is 3.19. The Labute approximate surface area is 239 Å². The van der Waals surface area contributed by atoms with Crippen LogP contribution in [-0.2, 0) is 9.84 Å². The standard InChI is InChI=1S/C35H40O4S/c1-6-26(7-2)27-14-22-33(23-15-27)40(36,37)34-24-20-31(21-25-34)38-30-16-10-28(11-17-30)29-12-18-32(19-13-29)39-35(5,8-3)9-4/h10-26H,6-9H2,1-5H3. The van der Waals surface area contributed by atoms with Gasteiger partial charge in [-0.3, -0.25) is 0 Å². The molecule has 0 saturated heterocycles. The Bertz CT molecular complexity index is 1460. The average molecular weight is 557 g/mol. The minimum Gasteiger partial charge on any atom is -0.488 e. The van der Waals surface area contributed by atoms with E-state index in [0.29, 0.717) is 22.3 Å². The number of rotatable bonds is 12. The Morgan fingerprint density at radius 1 is 0.600 bits per heavy atom. The number of benzene rings is 4. The van der Waals surface area contributed by atoms with Crippen LogP contribution in [0.1, 0.15) is 71.8 Å². The zero-order valence-electron chi connectivity index (χ0n) is 24.2. The van der Waals surface area contributed by atoms with E-state index in [1.165, 1.54) is 5.56 Å². The van der Waals surface area contributed by atoms with Crippen molar-refractivity contribution in [2.45, 2.75) is 81.6 Å². The largest absolute Gasteiger partial charge is 0.488 e. The number of sulfone groups is 1. The van der Waals surface area contributed by atoms with Gasteiger partial charge in [0.05, 0.1) is 9.79 Å². The van der Waals surface area contributed by atoms with Crippen LogP contribution >= 0.6 is 0 Å². The topological polar surface area (TPSA) is 52.6 Å². The lowest BCUT2D eigenvalue weighted by Gasteiger charge is -2.28. The van der Waals surface area contributed by atoms with Crippen LogP contribution in [-0.4, -0.2) is 14.0 Å². The summed E-state index contributed by atoms with van der Waals surface area (Å²) in [5, 5.41) is 0. The molecule has 0 saturated carbocycles. The molecule has 0 amide bonds. The highest BCUT2D eigenvalue weighted by Gasteiger charge is 2.21. The lowest BCUT2D eigenvalue weighted by Crippen LogP contribution is -2.30. The van der Waals surface area contributed by atoms with E-state index in [1.807, 2.05) is 48.5 Å². The van der Waals surface area contributed by atoms with Crippen LogP contribution in [0.15, 0.2) is 107 Å². The van der Waals surface area contributed by atoms with Crippen LogP contribution in [0.5, 0.6) is 17.2 Å². The van der Waals surface area contributed by atoms with E-state index in [0.717, 1.165) is 42.6 Å². The summed E-state index contributed by atoms with van der Waals surface area (Å²) in [6, 6.07) is 29.9. The molecule has 4 aromatic carbocycles. The third-order valence-corrected chi connectivity index (χ3v) is 9.70. The lowest BCUT2D eigenvalue weighted by molar-refractivity contribution is 0.0803. The molecule has 0 N–H and O–H groups in total. The van der Waals surface area contributed by atoms with Gasteiger partial charge in [0.1, 0.15) is 22.8 Å². The molecule has 5 heteroatoms. The summed E-state index contributed by atoms with van der Waals surface area (Å²) in [4.78, 5) is 0.548. The molecular formula is C35H40O4S. The molecule has 40 heavy (non-hydrogen) atoms. The normalized spacial score (nSPS) is 11.9. The molecule has 0 aliphatic heterocycles. The molecule has 0 fully saturated rings. The van der Waals surface area contributed by atoms with Crippen molar-refractivity contribution in [2.24, 2.45) is 0 Å². The van der Waals surface area contributed by atoms with Gasteiger partial charge in [-0.15, -0.1) is 0 Å². The maximum Gasteiger partial charge on any atom is 0.206 e. The van der Waals surface area contributed by atoms with E-state index >= 15 is 0 Å². The number of ether oxygens (including phenoxy) is 2. The minimum atomic E-state index is -3.60. The predicted molar refractivity (Wildman–Crippen MR) is 163 cm³/mol. The van der Waals surface area contributed by atoms with Crippen molar-refractivity contribution in [2.75, 3.05) is 0 Å². The highest BCUT2D eigenvalue weighted by molar-refractivity contribution is 7.91. The Morgan fingerprint density at radius 3 is 1.43 bits per heavy atom. The monoisotopic (exact) mass is 556 g/mol. The van der Waals surface area contributed by atoms with Crippen molar-refractivity contribution in [3.63, 3.8) is 0 Å². The Morgan fingerprint density at radius 2 is 1.00 bits per heavy atom. The molecule has 4 nitrogen and oxygen atoms in total. The molecular weight excluding hydrogens is 516 g/mol. The molecule has 0 heterocycles. The van der Waals surface area contributed by atoms with Crippen LogP contribution in [0, 0.1) is 0 Å². The van der Waals surface area contributed by atoms with Crippen molar-refractivity contribution in [1.82, 2.24) is 0 Å². The van der Waals surface area contributed by atoms with E-state index in [1.54, 1.807) is 36.4 Å². The first kappa shape index (κ1) is 29.4. The van der Waals surface area contributed by atoms with Crippen LogP contribution in [0.4, 0.5) is 0 Å². The van der Waals surface area contributed by atoms with Crippen molar-refractivity contribution in [3.8, 4) is 28.4 Å². The van der Waals surface area contributed by atoms with E-state index in [4.69, 9.17) is 9.47 Å². The summed E-state index contributed by atoms with van der Waals surface area (Å²) in [7, 11) is -3.60. The van der Waals surface area contributed by atoms with Gasteiger partial charge in [0.25, 0.3) is 0 Å². The first-order chi connectivity index (χ1) is 19.2. The molecule has 0 aromatic heterocycles. The summed E-state index contributed by atoms with van der Waals surface area (Å²) in [6.45, 7) is 10.7. The second kappa shape index (κ2) is 12.7. The van der Waals surface area contributed by atoms with Crippen LogP contribution in [0.25, 0.3) is 11.1 Å². The highest BCUT2D eigenvalue weighted by Crippen LogP contribution is 2.31. The van der Waals surface area contributed by atoms with Gasteiger partial charge in [0, 0.05) is 0 Å². The van der Waals surface area contributed by atoms with Crippen molar-refractivity contribution in [3.05, 3.63) is 103 Å². The minimum absolute atomic E-state index is 0.152. The van der Waals surface area contributed by atoms with Crippen molar-refractivity contribution < 1.29 is 17.9 Å². The third-order valence-electron chi connectivity index (χ3n) is 7.92. The van der Waals surface area contributed by atoms with Crippen LogP contribution in [0.2, 0.25) is 0 Å². The highest BCUT2D eigenvalue weighted by atomic mass is 32.2. The van der Waals surface area contributed by atoms with Gasteiger partial charge in [0.15, 0.2) is 0 Å². The zero-order valence-corrected chi connectivity index (χ0v) is 25.0. The molecule has 4 rings (SSSR count). The van der Waals surface area contributed by atoms with E-state index in [9.17, 15) is 8.42 Å². The van der Waals surface area contributed by atoms with E-state index < -0.39 is 9.84 Å². The predicted octanol–water partition coefficient (Wildman–Crippen LogP) is 9.84. The molecule has 0 radical (unpaired) electrons. The molecule has 0 spiro atoms. The quantitative estimate of drug-likeness (QED) is 0.174. The van der Waals surface area contributed by atoms with Gasteiger partial charge in [0.2, 0.25) is 9.84 Å². The van der Waals surface area contributed by atoms with Crippen LogP contribution < -0.4 is 9.47 Å². The number of hydrogen-bond donors (Lipinski definition) is 0. The lowest BCUT2D eigenvalue weighted by atomic mass is 9.94. The van der Waals surface area contributed by atoms with Gasteiger partial charge in [-0.2, -0.15) is 0 Å².